The minimum Gasteiger partial charge on any atom is -0.342 e. The van der Waals surface area contributed by atoms with E-state index >= 15 is 0 Å². The van der Waals surface area contributed by atoms with Crippen LogP contribution in [0, 0.1) is 5.41 Å². The molecule has 0 radical (unpaired) electrons. The van der Waals surface area contributed by atoms with Gasteiger partial charge in [-0.2, -0.15) is 0 Å². The Morgan fingerprint density at radius 1 is 1.19 bits per heavy atom. The normalized spacial score (nSPS) is 21.7. The lowest BCUT2D eigenvalue weighted by Crippen LogP contribution is -2.39. The Morgan fingerprint density at radius 3 is 2.73 bits per heavy atom. The molecular formula is C20H19ClN4O. The lowest BCUT2D eigenvalue weighted by Gasteiger charge is -2.37. The molecule has 2 aliphatic rings. The van der Waals surface area contributed by atoms with Crippen molar-refractivity contribution in [3.8, 4) is 0 Å². The molecule has 6 heteroatoms. The van der Waals surface area contributed by atoms with E-state index in [9.17, 15) is 4.79 Å². The highest BCUT2D eigenvalue weighted by atomic mass is 35.5. The van der Waals surface area contributed by atoms with E-state index in [2.05, 4.69) is 29.1 Å². The average molecular weight is 367 g/mol. The number of carbonyl (C=O) groups is 1. The molecule has 1 atom stereocenters. The number of rotatable bonds is 2. The quantitative estimate of drug-likeness (QED) is 0.876. The number of nitrogens with one attached hydrogen (secondary N) is 1. The number of allylic oxidation sites excluding steroid dienone is 1. The van der Waals surface area contributed by atoms with Crippen molar-refractivity contribution in [2.24, 2.45) is 10.4 Å². The first-order valence-corrected chi connectivity index (χ1v) is 8.94. The molecule has 1 aromatic carbocycles. The molecule has 5 nitrogen and oxygen atoms in total. The Kier molecular flexibility index (Phi) is 4.11. The van der Waals surface area contributed by atoms with Crippen LogP contribution < -0.4 is 5.32 Å². The summed E-state index contributed by atoms with van der Waals surface area (Å²) < 4.78 is 0. The van der Waals surface area contributed by atoms with Gasteiger partial charge in [0.25, 0.3) is 0 Å². The lowest BCUT2D eigenvalue weighted by molar-refractivity contribution is -0.118. The second-order valence-corrected chi connectivity index (χ2v) is 7.86. The first kappa shape index (κ1) is 16.9. The van der Waals surface area contributed by atoms with Gasteiger partial charge in [0.05, 0.1) is 6.20 Å². The van der Waals surface area contributed by atoms with Gasteiger partial charge >= 0.3 is 0 Å². The number of Topliss-reactive ketones (excluding diaryl/α,β-unsaturated/α-hetero) is 1. The van der Waals surface area contributed by atoms with E-state index in [0.717, 1.165) is 17.7 Å². The molecule has 1 N–H and O–H groups in total. The number of benzene rings is 1. The van der Waals surface area contributed by atoms with Crippen molar-refractivity contribution < 1.29 is 4.79 Å². The number of hydrogen-bond donors (Lipinski definition) is 1. The number of aromatic nitrogens is 2. The molecular weight excluding hydrogens is 348 g/mol. The fourth-order valence-electron chi connectivity index (χ4n) is 3.61. The van der Waals surface area contributed by atoms with Crippen molar-refractivity contribution in [2.75, 3.05) is 0 Å². The summed E-state index contributed by atoms with van der Waals surface area (Å²) in [6.45, 7) is 4.21. The van der Waals surface area contributed by atoms with E-state index in [0.29, 0.717) is 28.5 Å². The number of nitrogens with zero attached hydrogens (tertiary/aromatic N) is 3. The van der Waals surface area contributed by atoms with Crippen molar-refractivity contribution in [1.82, 2.24) is 15.3 Å². The molecule has 0 bridgehead atoms. The van der Waals surface area contributed by atoms with Crippen LogP contribution in [0.2, 0.25) is 5.02 Å². The fourth-order valence-corrected chi connectivity index (χ4v) is 3.84. The van der Waals surface area contributed by atoms with Crippen LogP contribution in [0.3, 0.4) is 0 Å². The average Bonchev–Trinajstić information content (AvgIpc) is 2.61. The van der Waals surface area contributed by atoms with Crippen molar-refractivity contribution >= 4 is 23.2 Å². The van der Waals surface area contributed by atoms with E-state index in [1.54, 1.807) is 18.6 Å². The fraction of sp³-hybridized carbons (Fsp3) is 0.300. The molecule has 2 heterocycles. The summed E-state index contributed by atoms with van der Waals surface area (Å²) in [6.07, 6.45) is 6.19. The number of amidine groups is 1. The van der Waals surface area contributed by atoms with Crippen molar-refractivity contribution in [3.05, 3.63) is 70.4 Å². The van der Waals surface area contributed by atoms with Gasteiger partial charge in [-0.05, 0) is 23.5 Å². The SMILES string of the molecule is CC1(C)CC(=O)C2=C(C1)NC(c1cnccn1)=N[C@H]2c1ccccc1Cl. The summed E-state index contributed by atoms with van der Waals surface area (Å²) in [4.78, 5) is 26.2. The van der Waals surface area contributed by atoms with Gasteiger partial charge in [-0.15, -0.1) is 0 Å². The maximum atomic E-state index is 12.9. The van der Waals surface area contributed by atoms with Crippen molar-refractivity contribution in [3.63, 3.8) is 0 Å². The molecule has 0 saturated heterocycles. The predicted octanol–water partition coefficient (Wildman–Crippen LogP) is 3.86. The van der Waals surface area contributed by atoms with Gasteiger partial charge in [0, 0.05) is 35.1 Å². The lowest BCUT2D eigenvalue weighted by atomic mass is 9.73. The van der Waals surface area contributed by atoms with Gasteiger partial charge in [0.1, 0.15) is 11.7 Å². The van der Waals surface area contributed by atoms with E-state index in [1.807, 2.05) is 24.3 Å². The molecule has 26 heavy (non-hydrogen) atoms. The standard InChI is InChI=1S/C20H19ClN4O/c1-20(2)9-14-17(16(26)10-20)18(12-5-3-4-6-13(12)21)25-19(24-14)15-11-22-7-8-23-15/h3-8,11,18H,9-10H2,1-2H3,(H,24,25)/t18-/m0/s1. The zero-order valence-corrected chi connectivity index (χ0v) is 15.4. The molecule has 1 aliphatic carbocycles. The van der Waals surface area contributed by atoms with Crippen LogP contribution in [0.5, 0.6) is 0 Å². The Labute approximate surface area is 157 Å². The monoisotopic (exact) mass is 366 g/mol. The number of ketones is 1. The van der Waals surface area contributed by atoms with E-state index in [-0.39, 0.29) is 11.2 Å². The van der Waals surface area contributed by atoms with Crippen LogP contribution in [0.25, 0.3) is 0 Å². The third-order valence-electron chi connectivity index (χ3n) is 4.73. The number of hydrogen-bond acceptors (Lipinski definition) is 5. The summed E-state index contributed by atoms with van der Waals surface area (Å²) in [5.41, 5.74) is 3.00. The van der Waals surface area contributed by atoms with E-state index < -0.39 is 6.04 Å². The summed E-state index contributed by atoms with van der Waals surface area (Å²) >= 11 is 6.43. The molecule has 0 unspecified atom stereocenters. The Hall–Kier alpha value is -2.53. The second kappa shape index (κ2) is 6.32. The number of aliphatic imine (C=N–C) groups is 1. The minimum absolute atomic E-state index is 0.0984. The highest BCUT2D eigenvalue weighted by Gasteiger charge is 2.40. The van der Waals surface area contributed by atoms with Crippen LogP contribution in [0.1, 0.15) is 44.0 Å². The van der Waals surface area contributed by atoms with Crippen molar-refractivity contribution in [2.45, 2.75) is 32.7 Å². The molecule has 0 saturated carbocycles. The zero-order chi connectivity index (χ0) is 18.3. The summed E-state index contributed by atoms with van der Waals surface area (Å²) in [5, 5.41) is 3.94. The number of carbonyl (C=O) groups excluding carboxylic acids is 1. The molecule has 1 aliphatic heterocycles. The smallest absolute Gasteiger partial charge is 0.163 e. The van der Waals surface area contributed by atoms with E-state index in [4.69, 9.17) is 16.6 Å². The molecule has 0 fully saturated rings. The van der Waals surface area contributed by atoms with Gasteiger partial charge in [0.15, 0.2) is 11.6 Å². The zero-order valence-electron chi connectivity index (χ0n) is 14.7. The molecule has 0 amide bonds. The molecule has 4 rings (SSSR count). The van der Waals surface area contributed by atoms with Gasteiger partial charge in [-0.25, -0.2) is 4.98 Å². The third-order valence-corrected chi connectivity index (χ3v) is 5.07. The van der Waals surface area contributed by atoms with E-state index in [1.165, 1.54) is 0 Å². The predicted molar refractivity (Wildman–Crippen MR) is 101 cm³/mol. The first-order chi connectivity index (χ1) is 12.4. The summed E-state index contributed by atoms with van der Waals surface area (Å²) in [5.74, 6) is 0.739. The van der Waals surface area contributed by atoms with Crippen LogP contribution in [0.4, 0.5) is 0 Å². The topological polar surface area (TPSA) is 67.2 Å². The Balaban J connectivity index is 1.87. The Morgan fingerprint density at radius 2 is 2.00 bits per heavy atom. The maximum Gasteiger partial charge on any atom is 0.163 e. The summed E-state index contributed by atoms with van der Waals surface area (Å²) in [6, 6.07) is 7.11. The third kappa shape index (κ3) is 3.03. The van der Waals surface area contributed by atoms with Crippen LogP contribution in [-0.4, -0.2) is 21.6 Å². The maximum absolute atomic E-state index is 12.9. The Bertz CT molecular complexity index is 934. The molecule has 2 aromatic rings. The molecule has 1 aromatic heterocycles. The minimum atomic E-state index is -0.430. The second-order valence-electron chi connectivity index (χ2n) is 7.45. The van der Waals surface area contributed by atoms with Crippen LogP contribution in [0.15, 0.2) is 59.1 Å². The molecule has 0 spiro atoms. The van der Waals surface area contributed by atoms with Crippen molar-refractivity contribution in [1.29, 1.82) is 0 Å². The largest absolute Gasteiger partial charge is 0.342 e. The number of halogens is 1. The summed E-state index contributed by atoms with van der Waals surface area (Å²) in [7, 11) is 0. The van der Waals surface area contributed by atoms with Crippen LogP contribution >= 0.6 is 11.6 Å². The van der Waals surface area contributed by atoms with Gasteiger partial charge in [0.2, 0.25) is 0 Å². The highest BCUT2D eigenvalue weighted by Crippen LogP contribution is 2.44. The van der Waals surface area contributed by atoms with Gasteiger partial charge < -0.3 is 5.32 Å². The molecule has 132 valence electrons. The first-order valence-electron chi connectivity index (χ1n) is 8.56. The van der Waals surface area contributed by atoms with Gasteiger partial charge in [-0.1, -0.05) is 43.6 Å². The van der Waals surface area contributed by atoms with Gasteiger partial charge in [-0.3, -0.25) is 14.8 Å². The highest BCUT2D eigenvalue weighted by molar-refractivity contribution is 6.31. The van der Waals surface area contributed by atoms with Crippen LogP contribution in [-0.2, 0) is 4.79 Å².